The van der Waals surface area contributed by atoms with Gasteiger partial charge in [0.2, 0.25) is 5.13 Å². The van der Waals surface area contributed by atoms with Crippen molar-refractivity contribution in [2.75, 3.05) is 12.4 Å². The maximum absolute atomic E-state index is 12.0. The first kappa shape index (κ1) is 12.5. The van der Waals surface area contributed by atoms with Gasteiger partial charge in [-0.15, -0.1) is 10.2 Å². The Morgan fingerprint density at radius 2 is 2.11 bits per heavy atom. The van der Waals surface area contributed by atoms with Crippen LogP contribution in [0.4, 0.5) is 5.13 Å². The molecule has 0 fully saturated rings. The van der Waals surface area contributed by atoms with Gasteiger partial charge in [0, 0.05) is 5.56 Å². The van der Waals surface area contributed by atoms with Crippen LogP contribution in [0.5, 0.6) is 5.75 Å². The van der Waals surface area contributed by atoms with Crippen LogP contribution >= 0.6 is 11.3 Å². The Balaban J connectivity index is 2.18. The number of anilines is 1. The smallest absolute Gasteiger partial charge is 0.257 e. The van der Waals surface area contributed by atoms with E-state index < -0.39 is 0 Å². The Kier molecular flexibility index (Phi) is 3.57. The fraction of sp³-hybridized carbons (Fsp3) is 0.250. The largest absolute Gasteiger partial charge is 0.496 e. The molecule has 0 unspecified atom stereocenters. The molecule has 0 spiro atoms. The molecule has 1 heterocycles. The molecule has 0 saturated carbocycles. The Morgan fingerprint density at radius 1 is 1.33 bits per heavy atom. The zero-order valence-corrected chi connectivity index (χ0v) is 11.2. The standard InChI is InChI=1S/C12H13N3O2S/c1-7-4-5-9(6-10(7)17-3)11(16)13-12-15-14-8(2)18-12/h4-6H,1-3H3,(H,13,15,16). The summed E-state index contributed by atoms with van der Waals surface area (Å²) in [5.41, 5.74) is 1.52. The maximum Gasteiger partial charge on any atom is 0.257 e. The summed E-state index contributed by atoms with van der Waals surface area (Å²) in [4.78, 5) is 12.0. The van der Waals surface area contributed by atoms with Crippen LogP contribution in [0.15, 0.2) is 18.2 Å². The van der Waals surface area contributed by atoms with E-state index in [1.165, 1.54) is 11.3 Å². The molecule has 1 aromatic carbocycles. The molecule has 0 aliphatic carbocycles. The average molecular weight is 263 g/mol. The molecule has 0 saturated heterocycles. The lowest BCUT2D eigenvalue weighted by Gasteiger charge is -2.07. The van der Waals surface area contributed by atoms with Gasteiger partial charge < -0.3 is 4.74 Å². The van der Waals surface area contributed by atoms with Gasteiger partial charge in [0.05, 0.1) is 7.11 Å². The van der Waals surface area contributed by atoms with Crippen LogP contribution in [0, 0.1) is 13.8 Å². The molecule has 6 heteroatoms. The molecule has 0 aliphatic rings. The summed E-state index contributed by atoms with van der Waals surface area (Å²) in [6, 6.07) is 5.30. The van der Waals surface area contributed by atoms with Crippen LogP contribution in [0.1, 0.15) is 20.9 Å². The van der Waals surface area contributed by atoms with Gasteiger partial charge in [0.15, 0.2) is 0 Å². The summed E-state index contributed by atoms with van der Waals surface area (Å²) in [5, 5.41) is 11.7. The molecule has 2 rings (SSSR count). The van der Waals surface area contributed by atoms with Gasteiger partial charge in [-0.25, -0.2) is 0 Å². The van der Waals surface area contributed by atoms with E-state index in [1.54, 1.807) is 19.2 Å². The quantitative estimate of drug-likeness (QED) is 0.923. The molecule has 0 radical (unpaired) electrons. The molecule has 5 nitrogen and oxygen atoms in total. The molecule has 94 valence electrons. The fourth-order valence-electron chi connectivity index (χ4n) is 1.48. The van der Waals surface area contributed by atoms with Crippen molar-refractivity contribution in [3.63, 3.8) is 0 Å². The van der Waals surface area contributed by atoms with Crippen molar-refractivity contribution in [2.24, 2.45) is 0 Å². The number of aromatic nitrogens is 2. The third-order valence-electron chi connectivity index (χ3n) is 2.42. The second-order valence-electron chi connectivity index (χ2n) is 3.76. The molecule has 18 heavy (non-hydrogen) atoms. The number of aryl methyl sites for hydroxylation is 2. The number of methoxy groups -OCH3 is 1. The van der Waals surface area contributed by atoms with Crippen molar-refractivity contribution in [1.29, 1.82) is 0 Å². The zero-order chi connectivity index (χ0) is 13.1. The summed E-state index contributed by atoms with van der Waals surface area (Å²) >= 11 is 1.34. The number of benzene rings is 1. The number of ether oxygens (including phenoxy) is 1. The highest BCUT2D eigenvalue weighted by Gasteiger charge is 2.10. The van der Waals surface area contributed by atoms with E-state index in [0.717, 1.165) is 10.6 Å². The Hall–Kier alpha value is -1.95. The van der Waals surface area contributed by atoms with Gasteiger partial charge in [-0.2, -0.15) is 0 Å². The third-order valence-corrected chi connectivity index (χ3v) is 3.17. The van der Waals surface area contributed by atoms with Crippen LogP contribution in [0.3, 0.4) is 0 Å². The Labute approximate surface area is 109 Å². The first-order valence-electron chi connectivity index (χ1n) is 5.36. The number of hydrogen-bond donors (Lipinski definition) is 1. The molecule has 0 bridgehead atoms. The Morgan fingerprint density at radius 3 is 2.72 bits per heavy atom. The van der Waals surface area contributed by atoms with E-state index in [2.05, 4.69) is 15.5 Å². The van der Waals surface area contributed by atoms with Crippen LogP contribution < -0.4 is 10.1 Å². The number of rotatable bonds is 3. The second kappa shape index (κ2) is 5.14. The molecule has 0 aliphatic heterocycles. The van der Waals surface area contributed by atoms with Crippen molar-refractivity contribution in [3.8, 4) is 5.75 Å². The van der Waals surface area contributed by atoms with E-state index in [9.17, 15) is 4.79 Å². The lowest BCUT2D eigenvalue weighted by atomic mass is 10.1. The minimum atomic E-state index is -0.218. The molecule has 1 N–H and O–H groups in total. The lowest BCUT2D eigenvalue weighted by molar-refractivity contribution is 0.102. The number of nitrogens with one attached hydrogen (secondary N) is 1. The van der Waals surface area contributed by atoms with Gasteiger partial charge in [-0.05, 0) is 31.5 Å². The number of nitrogens with zero attached hydrogens (tertiary/aromatic N) is 2. The van der Waals surface area contributed by atoms with Crippen molar-refractivity contribution in [2.45, 2.75) is 13.8 Å². The van der Waals surface area contributed by atoms with E-state index in [0.29, 0.717) is 16.4 Å². The maximum atomic E-state index is 12.0. The average Bonchev–Trinajstić information content (AvgIpc) is 2.75. The third kappa shape index (κ3) is 2.65. The molecule has 2 aromatic rings. The normalized spacial score (nSPS) is 10.2. The summed E-state index contributed by atoms with van der Waals surface area (Å²) in [6.45, 7) is 3.76. The van der Waals surface area contributed by atoms with Crippen molar-refractivity contribution in [1.82, 2.24) is 10.2 Å². The van der Waals surface area contributed by atoms with Crippen molar-refractivity contribution < 1.29 is 9.53 Å². The molecular formula is C12H13N3O2S. The Bertz CT molecular complexity index is 580. The minimum Gasteiger partial charge on any atom is -0.496 e. The summed E-state index contributed by atoms with van der Waals surface area (Å²) in [6.07, 6.45) is 0. The molecule has 1 amide bonds. The monoisotopic (exact) mass is 263 g/mol. The van der Waals surface area contributed by atoms with E-state index in [-0.39, 0.29) is 5.91 Å². The van der Waals surface area contributed by atoms with Gasteiger partial charge in [-0.1, -0.05) is 17.4 Å². The fourth-order valence-corrected chi connectivity index (χ4v) is 2.06. The molecule has 1 aromatic heterocycles. The highest BCUT2D eigenvalue weighted by molar-refractivity contribution is 7.15. The topological polar surface area (TPSA) is 64.1 Å². The molecule has 0 atom stereocenters. The zero-order valence-electron chi connectivity index (χ0n) is 10.4. The van der Waals surface area contributed by atoms with Gasteiger partial charge in [-0.3, -0.25) is 10.1 Å². The van der Waals surface area contributed by atoms with Gasteiger partial charge in [0.25, 0.3) is 5.91 Å². The van der Waals surface area contributed by atoms with Crippen LogP contribution in [0.2, 0.25) is 0 Å². The van der Waals surface area contributed by atoms with E-state index in [4.69, 9.17) is 4.74 Å². The first-order valence-corrected chi connectivity index (χ1v) is 6.18. The highest BCUT2D eigenvalue weighted by Crippen LogP contribution is 2.20. The SMILES string of the molecule is COc1cc(C(=O)Nc2nnc(C)s2)ccc1C. The predicted molar refractivity (Wildman–Crippen MR) is 70.3 cm³/mol. The van der Waals surface area contributed by atoms with E-state index in [1.807, 2.05) is 19.9 Å². The van der Waals surface area contributed by atoms with Crippen molar-refractivity contribution in [3.05, 3.63) is 34.3 Å². The summed E-state index contributed by atoms with van der Waals surface area (Å²) in [5.74, 6) is 0.473. The second-order valence-corrected chi connectivity index (χ2v) is 4.95. The number of amides is 1. The summed E-state index contributed by atoms with van der Waals surface area (Å²) < 4.78 is 5.18. The van der Waals surface area contributed by atoms with Crippen LogP contribution in [-0.4, -0.2) is 23.2 Å². The minimum absolute atomic E-state index is 0.218. The molecular weight excluding hydrogens is 250 g/mol. The van der Waals surface area contributed by atoms with Crippen molar-refractivity contribution >= 4 is 22.4 Å². The lowest BCUT2D eigenvalue weighted by Crippen LogP contribution is -2.12. The predicted octanol–water partition coefficient (Wildman–Crippen LogP) is 2.42. The van der Waals surface area contributed by atoms with Crippen LogP contribution in [0.25, 0.3) is 0 Å². The van der Waals surface area contributed by atoms with Gasteiger partial charge in [0.1, 0.15) is 10.8 Å². The number of hydrogen-bond acceptors (Lipinski definition) is 5. The number of carbonyl (C=O) groups excluding carboxylic acids is 1. The number of carbonyl (C=O) groups is 1. The highest BCUT2D eigenvalue weighted by atomic mass is 32.1. The summed E-state index contributed by atoms with van der Waals surface area (Å²) in [7, 11) is 1.58. The first-order chi connectivity index (χ1) is 8.60. The van der Waals surface area contributed by atoms with Crippen LogP contribution in [-0.2, 0) is 0 Å². The van der Waals surface area contributed by atoms with E-state index >= 15 is 0 Å². The van der Waals surface area contributed by atoms with Gasteiger partial charge >= 0.3 is 0 Å².